The van der Waals surface area contributed by atoms with E-state index in [1.807, 2.05) is 6.07 Å². The first-order valence-corrected chi connectivity index (χ1v) is 8.00. The Hall–Kier alpha value is -3.07. The molecule has 0 fully saturated rings. The van der Waals surface area contributed by atoms with Gasteiger partial charge in [0.25, 0.3) is 0 Å². The molecule has 0 bridgehead atoms. The maximum Gasteiger partial charge on any atom is 0.213 e. The van der Waals surface area contributed by atoms with Crippen molar-refractivity contribution in [3.05, 3.63) is 78.6 Å². The predicted molar refractivity (Wildman–Crippen MR) is 96.3 cm³/mol. The Morgan fingerprint density at radius 1 is 0.833 bits per heavy atom. The molecule has 4 rings (SSSR count). The lowest BCUT2D eigenvalue weighted by molar-refractivity contribution is -0.633. The zero-order valence-corrected chi connectivity index (χ0v) is 13.8. The van der Waals surface area contributed by atoms with Gasteiger partial charge in [0.1, 0.15) is 7.05 Å². The number of pyridine rings is 1. The molecule has 24 heavy (non-hydrogen) atoms. The lowest BCUT2D eigenvalue weighted by atomic mass is 10.0. The van der Waals surface area contributed by atoms with Crippen LogP contribution in [0.3, 0.4) is 0 Å². The smallest absolute Gasteiger partial charge is 0.213 e. The molecular formula is C21H18N3+. The predicted octanol–water partition coefficient (Wildman–Crippen LogP) is 4.10. The van der Waals surface area contributed by atoms with Gasteiger partial charge in [0.15, 0.2) is 5.82 Å². The average molecular weight is 312 g/mol. The van der Waals surface area contributed by atoms with Crippen molar-refractivity contribution in [2.75, 3.05) is 0 Å². The van der Waals surface area contributed by atoms with Crippen LogP contribution in [-0.4, -0.2) is 9.97 Å². The minimum Gasteiger partial charge on any atom is -0.237 e. The molecule has 0 radical (unpaired) electrons. The fourth-order valence-electron chi connectivity index (χ4n) is 3.12. The first kappa shape index (κ1) is 14.5. The minimum absolute atomic E-state index is 0.755. The van der Waals surface area contributed by atoms with Crippen LogP contribution in [0.25, 0.3) is 33.5 Å². The summed E-state index contributed by atoms with van der Waals surface area (Å²) >= 11 is 0. The van der Waals surface area contributed by atoms with E-state index in [1.165, 1.54) is 27.7 Å². The average Bonchev–Trinajstić information content (AvgIpc) is 2.63. The maximum absolute atomic E-state index is 4.34. The fourth-order valence-corrected chi connectivity index (χ4v) is 3.12. The molecule has 0 aliphatic rings. The standard InChI is InChI=1S/C21H18N3/c1-15-6-3-4-7-18(15)20-11-8-16-14-17(9-10-19(16)24(20)2)21-22-12-5-13-23-21/h3-14H,1-2H3/q+1. The summed E-state index contributed by atoms with van der Waals surface area (Å²) in [5.41, 5.74) is 5.98. The summed E-state index contributed by atoms with van der Waals surface area (Å²) in [6, 6.07) is 21.0. The summed E-state index contributed by atoms with van der Waals surface area (Å²) in [7, 11) is 2.11. The van der Waals surface area contributed by atoms with E-state index in [0.29, 0.717) is 0 Å². The number of fused-ring (bicyclic) bond motifs is 1. The topological polar surface area (TPSA) is 29.7 Å². The number of aromatic nitrogens is 3. The minimum atomic E-state index is 0.755. The Bertz CT molecular complexity index is 1020. The van der Waals surface area contributed by atoms with Crippen LogP contribution in [-0.2, 0) is 7.05 Å². The molecule has 3 nitrogen and oxygen atoms in total. The second kappa shape index (κ2) is 5.85. The zero-order chi connectivity index (χ0) is 16.5. The highest BCUT2D eigenvalue weighted by Gasteiger charge is 2.16. The van der Waals surface area contributed by atoms with E-state index in [9.17, 15) is 0 Å². The van der Waals surface area contributed by atoms with Gasteiger partial charge < -0.3 is 0 Å². The Morgan fingerprint density at radius 2 is 1.62 bits per heavy atom. The second-order valence-corrected chi connectivity index (χ2v) is 5.94. The van der Waals surface area contributed by atoms with Gasteiger partial charge in [-0.3, -0.25) is 0 Å². The zero-order valence-electron chi connectivity index (χ0n) is 13.8. The largest absolute Gasteiger partial charge is 0.237 e. The molecule has 116 valence electrons. The van der Waals surface area contributed by atoms with Crippen LogP contribution in [0.1, 0.15) is 5.56 Å². The van der Waals surface area contributed by atoms with Crippen LogP contribution in [0.2, 0.25) is 0 Å². The SMILES string of the molecule is Cc1ccccc1-c1ccc2cc(-c3ncccn3)ccc2[n+]1C. The lowest BCUT2D eigenvalue weighted by Crippen LogP contribution is -2.32. The first-order valence-electron chi connectivity index (χ1n) is 8.00. The van der Waals surface area contributed by atoms with Crippen molar-refractivity contribution in [2.24, 2.45) is 7.05 Å². The van der Waals surface area contributed by atoms with Gasteiger partial charge in [0.05, 0.1) is 0 Å². The molecule has 2 aromatic heterocycles. The van der Waals surface area contributed by atoms with E-state index in [2.05, 4.69) is 83.1 Å². The fraction of sp³-hybridized carbons (Fsp3) is 0.0952. The Kier molecular flexibility index (Phi) is 3.54. The summed E-state index contributed by atoms with van der Waals surface area (Å²) < 4.78 is 2.24. The Labute approximate surface area is 141 Å². The highest BCUT2D eigenvalue weighted by Crippen LogP contribution is 2.24. The van der Waals surface area contributed by atoms with Crippen LogP contribution >= 0.6 is 0 Å². The van der Waals surface area contributed by atoms with E-state index >= 15 is 0 Å². The number of rotatable bonds is 2. The van der Waals surface area contributed by atoms with Crippen molar-refractivity contribution in [1.29, 1.82) is 0 Å². The molecule has 2 heterocycles. The van der Waals surface area contributed by atoms with Crippen LogP contribution in [0.5, 0.6) is 0 Å². The lowest BCUT2D eigenvalue weighted by Gasteiger charge is -2.07. The van der Waals surface area contributed by atoms with Gasteiger partial charge in [-0.05, 0) is 42.8 Å². The second-order valence-electron chi connectivity index (χ2n) is 5.94. The molecule has 0 spiro atoms. The van der Waals surface area contributed by atoms with Gasteiger partial charge in [-0.25, -0.2) is 9.97 Å². The van der Waals surface area contributed by atoms with Crippen LogP contribution < -0.4 is 4.57 Å². The van der Waals surface area contributed by atoms with Crippen molar-refractivity contribution in [3.8, 4) is 22.6 Å². The van der Waals surface area contributed by atoms with E-state index in [-0.39, 0.29) is 0 Å². The molecule has 4 aromatic rings. The Balaban J connectivity index is 1.88. The van der Waals surface area contributed by atoms with Gasteiger partial charge in [-0.15, -0.1) is 0 Å². The summed E-state index contributed by atoms with van der Waals surface area (Å²) in [5, 5.41) is 1.18. The van der Waals surface area contributed by atoms with Crippen molar-refractivity contribution in [1.82, 2.24) is 9.97 Å². The van der Waals surface area contributed by atoms with Crippen LogP contribution in [0.15, 0.2) is 73.1 Å². The third kappa shape index (κ3) is 2.44. The first-order chi connectivity index (χ1) is 11.7. The molecule has 0 atom stereocenters. The quantitative estimate of drug-likeness (QED) is 0.522. The molecule has 0 amide bonds. The molecule has 0 saturated heterocycles. The van der Waals surface area contributed by atoms with E-state index in [0.717, 1.165) is 11.4 Å². The van der Waals surface area contributed by atoms with Gasteiger partial charge >= 0.3 is 0 Å². The number of nitrogens with zero attached hydrogens (tertiary/aromatic N) is 3. The Morgan fingerprint density at radius 3 is 2.42 bits per heavy atom. The van der Waals surface area contributed by atoms with Gasteiger partial charge in [0.2, 0.25) is 11.2 Å². The molecule has 2 aromatic carbocycles. The molecule has 0 aliphatic heterocycles. The van der Waals surface area contributed by atoms with Crippen molar-refractivity contribution >= 4 is 10.9 Å². The normalized spacial score (nSPS) is 10.9. The third-order valence-corrected chi connectivity index (χ3v) is 4.42. The highest BCUT2D eigenvalue weighted by atomic mass is 14.9. The van der Waals surface area contributed by atoms with Crippen LogP contribution in [0, 0.1) is 6.92 Å². The molecular weight excluding hydrogens is 294 g/mol. The van der Waals surface area contributed by atoms with E-state index in [1.54, 1.807) is 12.4 Å². The number of hydrogen-bond acceptors (Lipinski definition) is 2. The number of aryl methyl sites for hydroxylation is 2. The molecule has 0 N–H and O–H groups in total. The van der Waals surface area contributed by atoms with E-state index < -0.39 is 0 Å². The molecule has 0 aliphatic carbocycles. The highest BCUT2D eigenvalue weighted by molar-refractivity contribution is 5.82. The van der Waals surface area contributed by atoms with Gasteiger partial charge in [-0.2, -0.15) is 4.57 Å². The summed E-state index contributed by atoms with van der Waals surface area (Å²) in [6.07, 6.45) is 3.54. The summed E-state index contributed by atoms with van der Waals surface area (Å²) in [4.78, 5) is 8.67. The number of hydrogen-bond donors (Lipinski definition) is 0. The van der Waals surface area contributed by atoms with Crippen molar-refractivity contribution in [3.63, 3.8) is 0 Å². The van der Waals surface area contributed by atoms with Gasteiger partial charge in [-0.1, -0.05) is 18.2 Å². The summed E-state index contributed by atoms with van der Waals surface area (Å²) in [6.45, 7) is 2.15. The molecule has 3 heteroatoms. The number of benzene rings is 2. The van der Waals surface area contributed by atoms with Gasteiger partial charge in [0, 0.05) is 41.0 Å². The molecule has 0 unspecified atom stereocenters. The molecule has 0 saturated carbocycles. The van der Waals surface area contributed by atoms with E-state index in [4.69, 9.17) is 0 Å². The summed E-state index contributed by atoms with van der Waals surface area (Å²) in [5.74, 6) is 0.755. The monoisotopic (exact) mass is 312 g/mol. The van der Waals surface area contributed by atoms with Crippen LogP contribution in [0.4, 0.5) is 0 Å². The third-order valence-electron chi connectivity index (χ3n) is 4.42. The van der Waals surface area contributed by atoms with Crippen molar-refractivity contribution in [2.45, 2.75) is 6.92 Å². The van der Waals surface area contributed by atoms with Crippen molar-refractivity contribution < 1.29 is 4.57 Å². The maximum atomic E-state index is 4.34.